The van der Waals surface area contributed by atoms with Crippen LogP contribution in [0.1, 0.15) is 6.92 Å². The lowest BCUT2D eigenvalue weighted by Gasteiger charge is -2.09. The number of halogens is 2. The van der Waals surface area contributed by atoms with Crippen molar-refractivity contribution in [2.45, 2.75) is 19.0 Å². The maximum absolute atomic E-state index is 12.5. The van der Waals surface area contributed by atoms with Crippen molar-refractivity contribution in [2.75, 3.05) is 0 Å². The summed E-state index contributed by atoms with van der Waals surface area (Å²) in [6.07, 6.45) is -1.08. The molecule has 3 nitrogen and oxygen atoms in total. The van der Waals surface area contributed by atoms with Gasteiger partial charge in [0.2, 0.25) is 0 Å². The van der Waals surface area contributed by atoms with Crippen LogP contribution >= 0.6 is 0 Å². The summed E-state index contributed by atoms with van der Waals surface area (Å²) < 4.78 is 29.2. The summed E-state index contributed by atoms with van der Waals surface area (Å²) in [4.78, 5) is 20.4. The van der Waals surface area contributed by atoms with E-state index in [2.05, 4.69) is 4.74 Å². The highest BCUT2D eigenvalue weighted by Crippen LogP contribution is 2.35. The monoisotopic (exact) mass is 164 g/mol. The molecule has 0 aliphatic carbocycles. The molecule has 0 aromatic rings. The normalized spacial score (nSPS) is 35.0. The van der Waals surface area contributed by atoms with Crippen molar-refractivity contribution in [3.63, 3.8) is 0 Å². The Morgan fingerprint density at radius 3 is 2.36 bits per heavy atom. The minimum atomic E-state index is -3.51. The Balaban J connectivity index is 2.88. The molecule has 11 heavy (non-hydrogen) atoms. The average molecular weight is 164 g/mol. The summed E-state index contributed by atoms with van der Waals surface area (Å²) in [6, 6.07) is 0. The zero-order chi connectivity index (χ0) is 8.65. The van der Waals surface area contributed by atoms with E-state index in [4.69, 9.17) is 0 Å². The number of carbonyl (C=O) groups is 2. The van der Waals surface area contributed by atoms with Gasteiger partial charge in [0.15, 0.2) is 12.4 Å². The van der Waals surface area contributed by atoms with Crippen LogP contribution in [0.5, 0.6) is 0 Å². The second-order valence-electron chi connectivity index (χ2n) is 2.42. The zero-order valence-electron chi connectivity index (χ0n) is 5.71. The molecule has 5 heteroatoms. The Morgan fingerprint density at radius 2 is 2.18 bits per heavy atom. The van der Waals surface area contributed by atoms with Crippen molar-refractivity contribution in [2.24, 2.45) is 5.92 Å². The summed E-state index contributed by atoms with van der Waals surface area (Å²) in [7, 11) is 0. The van der Waals surface area contributed by atoms with Crippen molar-refractivity contribution in [3.05, 3.63) is 0 Å². The first-order valence-electron chi connectivity index (χ1n) is 3.04. The highest BCUT2D eigenvalue weighted by molar-refractivity contribution is 5.83. The third-order valence-electron chi connectivity index (χ3n) is 1.71. The van der Waals surface area contributed by atoms with Gasteiger partial charge in [-0.15, -0.1) is 0 Å². The average Bonchev–Trinajstić information content (AvgIpc) is 2.14. The lowest BCUT2D eigenvalue weighted by atomic mass is 10.0. The summed E-state index contributed by atoms with van der Waals surface area (Å²) in [5.41, 5.74) is 0. The standard InChI is InChI=1S/C6H6F2O3/c1-3-4(2-9)11-5(10)6(3,7)8/h2-4H,1H3/t3?,4-/m1/s1. The molecule has 0 aromatic heterocycles. The fourth-order valence-corrected chi connectivity index (χ4v) is 0.842. The van der Waals surface area contributed by atoms with E-state index in [0.717, 1.165) is 6.92 Å². The second kappa shape index (κ2) is 2.25. The Bertz CT molecular complexity index is 202. The molecule has 1 aliphatic rings. The molecule has 0 N–H and O–H groups in total. The van der Waals surface area contributed by atoms with Crippen LogP contribution in [0.2, 0.25) is 0 Å². The number of cyclic esters (lactones) is 1. The van der Waals surface area contributed by atoms with E-state index in [0.29, 0.717) is 0 Å². The van der Waals surface area contributed by atoms with Gasteiger partial charge < -0.3 is 4.74 Å². The van der Waals surface area contributed by atoms with Gasteiger partial charge in [-0.1, -0.05) is 6.92 Å². The number of alkyl halides is 2. The van der Waals surface area contributed by atoms with Crippen molar-refractivity contribution in [3.8, 4) is 0 Å². The van der Waals surface area contributed by atoms with Gasteiger partial charge in [-0.3, -0.25) is 4.79 Å². The zero-order valence-corrected chi connectivity index (χ0v) is 5.71. The number of ether oxygens (including phenoxy) is 1. The number of aldehydes is 1. The molecule has 0 spiro atoms. The Kier molecular flexibility index (Phi) is 1.66. The smallest absolute Gasteiger partial charge is 0.378 e. The molecule has 0 radical (unpaired) electrons. The van der Waals surface area contributed by atoms with Gasteiger partial charge in [0, 0.05) is 0 Å². The fourth-order valence-electron chi connectivity index (χ4n) is 0.842. The summed E-state index contributed by atoms with van der Waals surface area (Å²) in [5.74, 6) is -6.47. The predicted molar refractivity (Wildman–Crippen MR) is 30.1 cm³/mol. The third-order valence-corrected chi connectivity index (χ3v) is 1.71. The highest BCUT2D eigenvalue weighted by atomic mass is 19.3. The molecule has 0 bridgehead atoms. The van der Waals surface area contributed by atoms with Crippen LogP contribution in [0, 0.1) is 5.92 Å². The van der Waals surface area contributed by atoms with Crippen LogP contribution in [0.4, 0.5) is 8.78 Å². The lowest BCUT2D eigenvalue weighted by molar-refractivity contribution is -0.160. The Morgan fingerprint density at radius 1 is 1.64 bits per heavy atom. The minimum Gasteiger partial charge on any atom is -0.450 e. The highest BCUT2D eigenvalue weighted by Gasteiger charge is 2.57. The quantitative estimate of drug-likeness (QED) is 0.415. The lowest BCUT2D eigenvalue weighted by Crippen LogP contribution is -2.30. The number of rotatable bonds is 1. The van der Waals surface area contributed by atoms with Crippen LogP contribution in [0.15, 0.2) is 0 Å². The fraction of sp³-hybridized carbons (Fsp3) is 0.667. The van der Waals surface area contributed by atoms with E-state index in [9.17, 15) is 18.4 Å². The van der Waals surface area contributed by atoms with E-state index in [1.807, 2.05) is 0 Å². The molecule has 2 atom stereocenters. The van der Waals surface area contributed by atoms with Crippen LogP contribution in [-0.4, -0.2) is 24.3 Å². The molecule has 0 saturated carbocycles. The van der Waals surface area contributed by atoms with Crippen LogP contribution in [-0.2, 0) is 14.3 Å². The second-order valence-corrected chi connectivity index (χ2v) is 2.42. The molecular formula is C6H6F2O3. The van der Waals surface area contributed by atoms with Gasteiger partial charge in [0.1, 0.15) is 0 Å². The predicted octanol–water partition coefficient (Wildman–Crippen LogP) is 0.382. The first-order valence-corrected chi connectivity index (χ1v) is 3.04. The topological polar surface area (TPSA) is 43.4 Å². The number of carbonyl (C=O) groups excluding carboxylic acids is 2. The van der Waals surface area contributed by atoms with Gasteiger partial charge >= 0.3 is 11.9 Å². The van der Waals surface area contributed by atoms with E-state index in [-0.39, 0.29) is 6.29 Å². The molecule has 1 unspecified atom stereocenters. The molecule has 1 heterocycles. The molecule has 62 valence electrons. The molecular weight excluding hydrogens is 158 g/mol. The van der Waals surface area contributed by atoms with Crippen molar-refractivity contribution >= 4 is 12.3 Å². The van der Waals surface area contributed by atoms with Gasteiger partial charge in [-0.25, -0.2) is 4.79 Å². The Hall–Kier alpha value is -1.00. The summed E-state index contributed by atoms with van der Waals surface area (Å²) >= 11 is 0. The first-order chi connectivity index (χ1) is 5.00. The summed E-state index contributed by atoms with van der Waals surface area (Å²) in [5, 5.41) is 0. The van der Waals surface area contributed by atoms with E-state index in [1.165, 1.54) is 0 Å². The van der Waals surface area contributed by atoms with Gasteiger partial charge in [-0.05, 0) is 0 Å². The number of esters is 1. The van der Waals surface area contributed by atoms with E-state index < -0.39 is 23.9 Å². The summed E-state index contributed by atoms with van der Waals surface area (Å²) in [6.45, 7) is 1.10. The van der Waals surface area contributed by atoms with Gasteiger partial charge in [0.25, 0.3) is 0 Å². The molecule has 0 amide bonds. The third kappa shape index (κ3) is 1.00. The van der Waals surface area contributed by atoms with Crippen molar-refractivity contribution in [1.82, 2.24) is 0 Å². The van der Waals surface area contributed by atoms with E-state index in [1.54, 1.807) is 0 Å². The molecule has 1 fully saturated rings. The van der Waals surface area contributed by atoms with Crippen LogP contribution in [0.3, 0.4) is 0 Å². The Labute approximate surface area is 61.3 Å². The van der Waals surface area contributed by atoms with Crippen LogP contribution in [0.25, 0.3) is 0 Å². The van der Waals surface area contributed by atoms with Gasteiger partial charge in [-0.2, -0.15) is 8.78 Å². The minimum absolute atomic E-state index is 0.212. The molecule has 1 rings (SSSR count). The number of hydrogen-bond donors (Lipinski definition) is 0. The molecule has 1 aliphatic heterocycles. The van der Waals surface area contributed by atoms with Crippen molar-refractivity contribution in [1.29, 1.82) is 0 Å². The largest absolute Gasteiger partial charge is 0.450 e. The molecule has 1 saturated heterocycles. The SMILES string of the molecule is CC1[C@@H](C=O)OC(=O)C1(F)F. The van der Waals surface area contributed by atoms with Crippen LogP contribution < -0.4 is 0 Å². The number of hydrogen-bond acceptors (Lipinski definition) is 3. The molecule has 0 aromatic carbocycles. The first kappa shape index (κ1) is 8.10. The van der Waals surface area contributed by atoms with E-state index >= 15 is 0 Å². The van der Waals surface area contributed by atoms with Gasteiger partial charge in [0.05, 0.1) is 5.92 Å². The maximum Gasteiger partial charge on any atom is 0.378 e. The maximum atomic E-state index is 12.5. The van der Waals surface area contributed by atoms with Crippen molar-refractivity contribution < 1.29 is 23.1 Å².